The zero-order valence-corrected chi connectivity index (χ0v) is 20.0. The lowest BCUT2D eigenvalue weighted by Crippen LogP contribution is -2.42. The fourth-order valence-electron chi connectivity index (χ4n) is 3.58. The molecule has 0 aliphatic heterocycles. The van der Waals surface area contributed by atoms with E-state index in [2.05, 4.69) is 19.9 Å². The van der Waals surface area contributed by atoms with Crippen molar-refractivity contribution in [1.29, 1.82) is 0 Å². The van der Waals surface area contributed by atoms with Crippen molar-refractivity contribution in [2.45, 2.75) is 17.4 Å². The smallest absolute Gasteiger partial charge is 0.322 e. The van der Waals surface area contributed by atoms with E-state index in [9.17, 15) is 18.3 Å². The van der Waals surface area contributed by atoms with E-state index >= 15 is 0 Å². The first-order valence-electron chi connectivity index (χ1n) is 10.8. The SMILES string of the molecule is CN(C)c1ccc(N=Nc2ccc(S(=O)(=O)N[C@@H](Cc3c[nH]c4ccccc34)C(=O)O)cc2)cc1. The number of benzene rings is 3. The average molecular weight is 492 g/mol. The molecule has 0 bridgehead atoms. The van der Waals surface area contributed by atoms with Gasteiger partial charge < -0.3 is 15.0 Å². The predicted molar refractivity (Wildman–Crippen MR) is 135 cm³/mol. The molecule has 4 rings (SSSR count). The zero-order chi connectivity index (χ0) is 25.0. The molecule has 0 saturated heterocycles. The summed E-state index contributed by atoms with van der Waals surface area (Å²) in [5.74, 6) is -1.26. The molecule has 0 aliphatic carbocycles. The van der Waals surface area contributed by atoms with Crippen LogP contribution >= 0.6 is 0 Å². The van der Waals surface area contributed by atoms with Gasteiger partial charge in [-0.15, -0.1) is 0 Å². The molecule has 180 valence electrons. The molecule has 9 nitrogen and oxygen atoms in total. The van der Waals surface area contributed by atoms with Crippen LogP contribution in [0.2, 0.25) is 0 Å². The molecule has 10 heteroatoms. The summed E-state index contributed by atoms with van der Waals surface area (Å²) in [6, 6.07) is 19.4. The molecule has 4 aromatic rings. The number of sulfonamides is 1. The third-order valence-electron chi connectivity index (χ3n) is 5.49. The number of hydrogen-bond donors (Lipinski definition) is 3. The maximum Gasteiger partial charge on any atom is 0.322 e. The second-order valence-electron chi connectivity index (χ2n) is 8.18. The first-order valence-corrected chi connectivity index (χ1v) is 12.3. The Labute approximate surface area is 203 Å². The van der Waals surface area contributed by atoms with E-state index in [4.69, 9.17) is 0 Å². The number of aliphatic carboxylic acids is 1. The van der Waals surface area contributed by atoms with E-state index in [-0.39, 0.29) is 11.3 Å². The van der Waals surface area contributed by atoms with Crippen LogP contribution in [-0.4, -0.2) is 44.6 Å². The van der Waals surface area contributed by atoms with Crippen molar-refractivity contribution in [1.82, 2.24) is 9.71 Å². The number of H-pyrrole nitrogens is 1. The number of para-hydroxylation sites is 1. The third-order valence-corrected chi connectivity index (χ3v) is 6.98. The first kappa shape index (κ1) is 24.1. The van der Waals surface area contributed by atoms with Gasteiger partial charge in [-0.1, -0.05) is 18.2 Å². The summed E-state index contributed by atoms with van der Waals surface area (Å²) in [7, 11) is -0.183. The number of carboxylic acid groups (broad SMARTS) is 1. The Bertz CT molecular complexity index is 1460. The van der Waals surface area contributed by atoms with Crippen molar-refractivity contribution >= 4 is 44.0 Å². The minimum Gasteiger partial charge on any atom is -0.480 e. The molecule has 0 saturated carbocycles. The molecular formula is C25H25N5O4S. The minimum atomic E-state index is -4.08. The van der Waals surface area contributed by atoms with Gasteiger partial charge in [0.15, 0.2) is 0 Å². The van der Waals surface area contributed by atoms with Crippen molar-refractivity contribution in [3.63, 3.8) is 0 Å². The number of nitrogens with zero attached hydrogens (tertiary/aromatic N) is 3. The summed E-state index contributed by atoms with van der Waals surface area (Å²) < 4.78 is 28.1. The summed E-state index contributed by atoms with van der Waals surface area (Å²) in [5, 5.41) is 18.8. The van der Waals surface area contributed by atoms with Crippen molar-refractivity contribution in [3.05, 3.63) is 84.6 Å². The molecule has 0 unspecified atom stereocenters. The highest BCUT2D eigenvalue weighted by molar-refractivity contribution is 7.89. The molecule has 3 N–H and O–H groups in total. The Hall–Kier alpha value is -4.02. The summed E-state index contributed by atoms with van der Waals surface area (Å²) in [6.45, 7) is 0. The highest BCUT2D eigenvalue weighted by Crippen LogP contribution is 2.23. The monoisotopic (exact) mass is 491 g/mol. The highest BCUT2D eigenvalue weighted by Gasteiger charge is 2.26. The van der Waals surface area contributed by atoms with Gasteiger partial charge >= 0.3 is 5.97 Å². The van der Waals surface area contributed by atoms with Crippen LogP contribution < -0.4 is 9.62 Å². The van der Waals surface area contributed by atoms with Crippen LogP contribution in [0.1, 0.15) is 5.56 Å². The van der Waals surface area contributed by atoms with E-state index < -0.39 is 22.0 Å². The number of rotatable bonds is 9. The predicted octanol–water partition coefficient (Wildman–Crippen LogP) is 4.62. The third kappa shape index (κ3) is 5.73. The number of azo groups is 1. The number of aromatic amines is 1. The van der Waals surface area contributed by atoms with Crippen molar-refractivity contribution < 1.29 is 18.3 Å². The van der Waals surface area contributed by atoms with Crippen LogP contribution in [0.25, 0.3) is 10.9 Å². The molecule has 35 heavy (non-hydrogen) atoms. The van der Waals surface area contributed by atoms with Crippen molar-refractivity contribution in [2.75, 3.05) is 19.0 Å². The lowest BCUT2D eigenvalue weighted by molar-refractivity contribution is -0.138. The van der Waals surface area contributed by atoms with Crippen LogP contribution in [0.3, 0.4) is 0 Å². The molecular weight excluding hydrogens is 466 g/mol. The van der Waals surface area contributed by atoms with E-state index in [1.165, 1.54) is 24.3 Å². The van der Waals surface area contributed by atoms with Crippen LogP contribution in [-0.2, 0) is 21.2 Å². The summed E-state index contributed by atoms with van der Waals surface area (Å²) >= 11 is 0. The number of carbonyl (C=O) groups is 1. The first-order chi connectivity index (χ1) is 16.7. The molecule has 1 aromatic heterocycles. The summed E-state index contributed by atoms with van der Waals surface area (Å²) in [5.41, 5.74) is 3.73. The molecule has 0 spiro atoms. The zero-order valence-electron chi connectivity index (χ0n) is 19.2. The summed E-state index contributed by atoms with van der Waals surface area (Å²) in [6.07, 6.45) is 1.69. The van der Waals surface area contributed by atoms with Crippen LogP contribution in [0, 0.1) is 0 Å². The number of carboxylic acids is 1. The van der Waals surface area contributed by atoms with Crippen molar-refractivity contribution in [2.24, 2.45) is 10.2 Å². The molecule has 1 atom stereocenters. The van der Waals surface area contributed by atoms with Crippen molar-refractivity contribution in [3.8, 4) is 0 Å². The fourth-order valence-corrected chi connectivity index (χ4v) is 4.77. The Morgan fingerprint density at radius 1 is 0.971 bits per heavy atom. The van der Waals surface area contributed by atoms with Gasteiger partial charge in [0.1, 0.15) is 6.04 Å². The van der Waals surface area contributed by atoms with Crippen LogP contribution in [0.5, 0.6) is 0 Å². The maximum atomic E-state index is 12.9. The molecule has 1 heterocycles. The van der Waals surface area contributed by atoms with E-state index in [0.29, 0.717) is 16.9 Å². The van der Waals surface area contributed by atoms with Gasteiger partial charge in [-0.3, -0.25) is 4.79 Å². The molecule has 3 aromatic carbocycles. The number of fused-ring (bicyclic) bond motifs is 1. The highest BCUT2D eigenvalue weighted by atomic mass is 32.2. The normalized spacial score (nSPS) is 12.7. The molecule has 0 aliphatic rings. The number of nitrogens with one attached hydrogen (secondary N) is 2. The Kier molecular flexibility index (Phi) is 6.94. The second kappa shape index (κ2) is 10.1. The largest absolute Gasteiger partial charge is 0.480 e. The molecule has 0 radical (unpaired) electrons. The average Bonchev–Trinajstić information content (AvgIpc) is 3.25. The van der Waals surface area contributed by atoms with Gasteiger partial charge in [0, 0.05) is 43.3 Å². The lowest BCUT2D eigenvalue weighted by Gasteiger charge is -2.14. The van der Waals surface area contributed by atoms with Crippen LogP contribution in [0.4, 0.5) is 17.1 Å². The quantitative estimate of drug-likeness (QED) is 0.294. The van der Waals surface area contributed by atoms with Gasteiger partial charge in [-0.25, -0.2) is 8.42 Å². The van der Waals surface area contributed by atoms with Gasteiger partial charge in [-0.2, -0.15) is 15.0 Å². The lowest BCUT2D eigenvalue weighted by atomic mass is 10.1. The fraction of sp³-hybridized carbons (Fsp3) is 0.160. The Morgan fingerprint density at radius 2 is 1.57 bits per heavy atom. The molecule has 0 fully saturated rings. The Morgan fingerprint density at radius 3 is 2.17 bits per heavy atom. The Balaban J connectivity index is 1.46. The van der Waals surface area contributed by atoms with Crippen LogP contribution in [0.15, 0.2) is 94.1 Å². The standard InChI is InChI=1S/C25H25N5O4S/c1-30(2)20-11-7-18(8-12-20)27-28-19-9-13-21(14-10-19)35(33,34)29-24(25(31)32)15-17-16-26-23-6-4-3-5-22(17)23/h3-14,16,24,26,29H,15H2,1-2H3,(H,31,32)/t24-/m0/s1. The summed E-state index contributed by atoms with van der Waals surface area (Å²) in [4.78, 5) is 16.8. The number of anilines is 1. The second-order valence-corrected chi connectivity index (χ2v) is 9.89. The van der Waals surface area contributed by atoms with Gasteiger partial charge in [0.05, 0.1) is 16.3 Å². The minimum absolute atomic E-state index is 0.00249. The van der Waals surface area contributed by atoms with Gasteiger partial charge in [-0.05, 0) is 60.2 Å². The topological polar surface area (TPSA) is 127 Å². The molecule has 0 amide bonds. The van der Waals surface area contributed by atoms with E-state index in [1.807, 2.05) is 67.5 Å². The number of aromatic nitrogens is 1. The van der Waals surface area contributed by atoms with E-state index in [1.54, 1.807) is 6.20 Å². The van der Waals surface area contributed by atoms with Gasteiger partial charge in [0.25, 0.3) is 0 Å². The maximum absolute atomic E-state index is 12.9. The number of hydrogen-bond acceptors (Lipinski definition) is 6. The van der Waals surface area contributed by atoms with E-state index in [0.717, 1.165) is 16.6 Å². The van der Waals surface area contributed by atoms with Gasteiger partial charge in [0.2, 0.25) is 10.0 Å².